The maximum atomic E-state index is 12.4. The Kier molecular flexibility index (Phi) is 9.66. The molecule has 142 valence electrons. The Bertz CT molecular complexity index is 517. The SMILES string of the molecule is CCOP(=O)(/C=C/[C@H](COS(C)(=O)=O)O[C@H]1CCCCO1)OCC. The zero-order valence-electron chi connectivity index (χ0n) is 14.4. The zero-order chi connectivity index (χ0) is 18.1. The quantitative estimate of drug-likeness (QED) is 0.395. The minimum Gasteiger partial charge on any atom is -0.353 e. The van der Waals surface area contributed by atoms with E-state index < -0.39 is 30.1 Å². The van der Waals surface area contributed by atoms with Crippen molar-refractivity contribution in [2.24, 2.45) is 0 Å². The van der Waals surface area contributed by atoms with E-state index in [1.54, 1.807) is 13.8 Å². The maximum Gasteiger partial charge on any atom is 0.353 e. The molecule has 1 aliphatic rings. The highest BCUT2D eigenvalue weighted by Gasteiger charge is 2.23. The lowest BCUT2D eigenvalue weighted by Gasteiger charge is -2.26. The summed E-state index contributed by atoms with van der Waals surface area (Å²) in [7, 11) is -7.02. The first-order valence-corrected chi connectivity index (χ1v) is 11.4. The van der Waals surface area contributed by atoms with Crippen LogP contribution in [0.4, 0.5) is 0 Å². The molecule has 0 spiro atoms. The predicted molar refractivity (Wildman–Crippen MR) is 89.3 cm³/mol. The van der Waals surface area contributed by atoms with Gasteiger partial charge >= 0.3 is 7.60 Å². The highest BCUT2D eigenvalue weighted by molar-refractivity contribution is 7.85. The largest absolute Gasteiger partial charge is 0.353 e. The van der Waals surface area contributed by atoms with Crippen LogP contribution >= 0.6 is 7.60 Å². The summed E-state index contributed by atoms with van der Waals surface area (Å²) in [6.45, 7) is 4.20. The fraction of sp³-hybridized carbons (Fsp3) is 0.857. The second kappa shape index (κ2) is 10.7. The monoisotopic (exact) mass is 386 g/mol. The van der Waals surface area contributed by atoms with Gasteiger partial charge in [0.2, 0.25) is 0 Å². The summed E-state index contributed by atoms with van der Waals surface area (Å²) in [6.07, 6.45) is 3.82. The molecular formula is C14H27O8PS. The first-order chi connectivity index (χ1) is 11.3. The molecule has 1 aliphatic heterocycles. The lowest BCUT2D eigenvalue weighted by atomic mass is 10.2. The highest BCUT2D eigenvalue weighted by atomic mass is 32.2. The molecule has 0 aromatic heterocycles. The molecule has 0 saturated carbocycles. The lowest BCUT2D eigenvalue weighted by molar-refractivity contribution is -0.182. The molecule has 0 unspecified atom stereocenters. The van der Waals surface area contributed by atoms with Crippen LogP contribution in [0.1, 0.15) is 33.1 Å². The minimum atomic E-state index is -3.62. The van der Waals surface area contributed by atoms with E-state index in [2.05, 4.69) is 0 Å². The van der Waals surface area contributed by atoms with Crippen molar-refractivity contribution in [3.05, 3.63) is 11.9 Å². The molecule has 0 bridgehead atoms. The number of hydrogen-bond donors (Lipinski definition) is 0. The molecule has 0 amide bonds. The third kappa shape index (κ3) is 9.27. The van der Waals surface area contributed by atoms with Crippen LogP contribution in [0.15, 0.2) is 11.9 Å². The van der Waals surface area contributed by atoms with Crippen molar-refractivity contribution in [1.29, 1.82) is 0 Å². The Labute approximate surface area is 144 Å². The van der Waals surface area contributed by atoms with Gasteiger partial charge in [0, 0.05) is 12.4 Å². The van der Waals surface area contributed by atoms with Gasteiger partial charge in [-0.2, -0.15) is 8.42 Å². The van der Waals surface area contributed by atoms with Gasteiger partial charge in [0.1, 0.15) is 6.10 Å². The maximum absolute atomic E-state index is 12.4. The Hall–Kier alpha value is -0.280. The smallest absolute Gasteiger partial charge is 0.353 e. The van der Waals surface area contributed by atoms with Gasteiger partial charge in [-0.3, -0.25) is 8.75 Å². The van der Waals surface area contributed by atoms with Crippen molar-refractivity contribution in [2.45, 2.75) is 45.5 Å². The Morgan fingerprint density at radius 1 is 1.25 bits per heavy atom. The van der Waals surface area contributed by atoms with Crippen molar-refractivity contribution in [1.82, 2.24) is 0 Å². The van der Waals surface area contributed by atoms with Crippen molar-refractivity contribution in [2.75, 3.05) is 32.7 Å². The topological polar surface area (TPSA) is 97.4 Å². The summed E-state index contributed by atoms with van der Waals surface area (Å²) in [5.41, 5.74) is 0. The summed E-state index contributed by atoms with van der Waals surface area (Å²) < 4.78 is 61.1. The predicted octanol–water partition coefficient (Wildman–Crippen LogP) is 2.65. The summed E-state index contributed by atoms with van der Waals surface area (Å²) >= 11 is 0. The van der Waals surface area contributed by atoms with Crippen molar-refractivity contribution >= 4 is 17.7 Å². The van der Waals surface area contributed by atoms with Gasteiger partial charge in [-0.25, -0.2) is 0 Å². The van der Waals surface area contributed by atoms with E-state index in [0.29, 0.717) is 13.0 Å². The molecule has 0 radical (unpaired) electrons. The van der Waals surface area contributed by atoms with Crippen molar-refractivity contribution < 1.29 is 35.7 Å². The van der Waals surface area contributed by atoms with Crippen LogP contribution in [-0.2, 0) is 37.4 Å². The Morgan fingerprint density at radius 3 is 2.42 bits per heavy atom. The fourth-order valence-electron chi connectivity index (χ4n) is 2.03. The summed E-state index contributed by atoms with van der Waals surface area (Å²) in [5.74, 6) is 1.28. The van der Waals surface area contributed by atoms with E-state index in [-0.39, 0.29) is 19.8 Å². The van der Waals surface area contributed by atoms with Gasteiger partial charge in [-0.15, -0.1) is 0 Å². The average molecular weight is 386 g/mol. The minimum absolute atomic E-state index is 0.221. The molecule has 0 aromatic rings. The molecule has 8 nitrogen and oxygen atoms in total. The summed E-state index contributed by atoms with van der Waals surface area (Å²) in [5, 5.41) is 0. The first-order valence-electron chi connectivity index (χ1n) is 7.97. The van der Waals surface area contributed by atoms with Crippen LogP contribution < -0.4 is 0 Å². The van der Waals surface area contributed by atoms with Gasteiger partial charge in [-0.1, -0.05) is 0 Å². The second-order valence-corrected chi connectivity index (χ2v) is 8.71. The standard InChI is InChI=1S/C14H27O8PS/c1-4-19-23(15,20-5-2)11-9-13(12-21-24(3,16)17)22-14-8-6-7-10-18-14/h9,11,13-14H,4-8,10,12H2,1-3H3/b11-9+/t13-,14+/m1/s1. The summed E-state index contributed by atoms with van der Waals surface area (Å²) in [4.78, 5) is 0. The summed E-state index contributed by atoms with van der Waals surface area (Å²) in [6, 6.07) is 0. The van der Waals surface area contributed by atoms with Crippen molar-refractivity contribution in [3.8, 4) is 0 Å². The number of hydrogen-bond acceptors (Lipinski definition) is 8. The third-order valence-electron chi connectivity index (χ3n) is 3.01. The van der Waals surface area contributed by atoms with Gasteiger partial charge in [0.15, 0.2) is 6.29 Å². The molecule has 1 heterocycles. The molecule has 0 N–H and O–H groups in total. The van der Waals surface area contributed by atoms with Crippen LogP contribution in [0.5, 0.6) is 0 Å². The van der Waals surface area contributed by atoms with Crippen LogP contribution in [-0.4, -0.2) is 53.5 Å². The number of rotatable bonds is 11. The van der Waals surface area contributed by atoms with Gasteiger partial charge in [0.05, 0.1) is 26.1 Å². The van der Waals surface area contributed by atoms with Crippen LogP contribution in [0, 0.1) is 0 Å². The Morgan fingerprint density at radius 2 is 1.92 bits per heavy atom. The van der Waals surface area contributed by atoms with E-state index >= 15 is 0 Å². The number of ether oxygens (including phenoxy) is 2. The Balaban J connectivity index is 2.77. The zero-order valence-corrected chi connectivity index (χ0v) is 16.1. The molecule has 0 aliphatic carbocycles. The molecule has 0 aromatic carbocycles. The van der Waals surface area contributed by atoms with Crippen LogP contribution in [0.3, 0.4) is 0 Å². The lowest BCUT2D eigenvalue weighted by Crippen LogP contribution is -2.30. The molecule has 1 rings (SSSR count). The highest BCUT2D eigenvalue weighted by Crippen LogP contribution is 2.49. The molecule has 10 heteroatoms. The molecule has 2 atom stereocenters. The van der Waals surface area contributed by atoms with E-state index in [9.17, 15) is 13.0 Å². The van der Waals surface area contributed by atoms with Crippen LogP contribution in [0.2, 0.25) is 0 Å². The van der Waals surface area contributed by atoms with E-state index in [1.165, 1.54) is 11.9 Å². The van der Waals surface area contributed by atoms with Gasteiger partial charge in [0.25, 0.3) is 10.1 Å². The molecule has 24 heavy (non-hydrogen) atoms. The van der Waals surface area contributed by atoms with E-state index in [0.717, 1.165) is 19.1 Å². The molecular weight excluding hydrogens is 359 g/mol. The second-order valence-electron chi connectivity index (χ2n) is 5.18. The van der Waals surface area contributed by atoms with Crippen LogP contribution in [0.25, 0.3) is 0 Å². The third-order valence-corrected chi connectivity index (χ3v) is 5.35. The van der Waals surface area contributed by atoms with E-state index in [4.69, 9.17) is 22.7 Å². The van der Waals surface area contributed by atoms with Gasteiger partial charge in [-0.05, 0) is 39.2 Å². The normalized spacial score (nSPS) is 21.2. The fourth-order valence-corrected chi connectivity index (χ4v) is 3.78. The van der Waals surface area contributed by atoms with Crippen molar-refractivity contribution in [3.63, 3.8) is 0 Å². The molecule has 1 fully saturated rings. The van der Waals surface area contributed by atoms with Gasteiger partial charge < -0.3 is 18.5 Å². The average Bonchev–Trinajstić information content (AvgIpc) is 2.51. The first kappa shape index (κ1) is 21.8. The molecule has 1 saturated heterocycles. The van der Waals surface area contributed by atoms with E-state index in [1.807, 2.05) is 0 Å².